The Morgan fingerprint density at radius 2 is 2.07 bits per heavy atom. The molecular formula is C21H24N4O2. The van der Waals surface area contributed by atoms with Crippen molar-refractivity contribution in [1.82, 2.24) is 19.7 Å². The van der Waals surface area contributed by atoms with Gasteiger partial charge in [0.2, 0.25) is 0 Å². The van der Waals surface area contributed by atoms with Crippen LogP contribution in [0.5, 0.6) is 0 Å². The van der Waals surface area contributed by atoms with Crippen LogP contribution < -0.4 is 0 Å². The third-order valence-corrected chi connectivity index (χ3v) is 5.11. The number of benzene rings is 1. The molecule has 0 radical (unpaired) electrons. The number of fused-ring (bicyclic) bond motifs is 1. The number of hydrogen-bond acceptors (Lipinski definition) is 4. The van der Waals surface area contributed by atoms with Crippen LogP contribution in [0.25, 0.3) is 10.9 Å². The van der Waals surface area contributed by atoms with E-state index in [1.807, 2.05) is 55.1 Å². The number of rotatable bonds is 5. The van der Waals surface area contributed by atoms with Gasteiger partial charge in [-0.05, 0) is 25.1 Å². The SMILES string of the molecule is Cc1ccnn1Cc1cc(C(=O)N(C)CC2(C)COC2)c2ccccc2n1. The third kappa shape index (κ3) is 3.45. The maximum absolute atomic E-state index is 13.2. The molecule has 0 atom stereocenters. The first kappa shape index (κ1) is 17.7. The highest BCUT2D eigenvalue weighted by Gasteiger charge is 2.35. The van der Waals surface area contributed by atoms with E-state index in [1.165, 1.54) is 0 Å². The molecule has 1 saturated heterocycles. The number of aromatic nitrogens is 3. The summed E-state index contributed by atoms with van der Waals surface area (Å²) in [6.45, 7) is 6.78. The second-order valence-corrected chi connectivity index (χ2v) is 7.77. The number of carbonyl (C=O) groups excluding carboxylic acids is 1. The van der Waals surface area contributed by atoms with Crippen LogP contribution in [0, 0.1) is 12.3 Å². The van der Waals surface area contributed by atoms with E-state index in [-0.39, 0.29) is 11.3 Å². The molecule has 1 aliphatic rings. The molecule has 140 valence electrons. The van der Waals surface area contributed by atoms with Crippen molar-refractivity contribution in [3.8, 4) is 0 Å². The molecule has 4 rings (SSSR count). The van der Waals surface area contributed by atoms with E-state index in [0.717, 1.165) is 22.3 Å². The second kappa shape index (κ2) is 6.78. The lowest BCUT2D eigenvalue weighted by atomic mass is 9.88. The fourth-order valence-corrected chi connectivity index (χ4v) is 3.60. The van der Waals surface area contributed by atoms with E-state index in [0.29, 0.717) is 31.9 Å². The molecule has 2 aromatic heterocycles. The number of amides is 1. The maximum atomic E-state index is 13.2. The smallest absolute Gasteiger partial charge is 0.254 e. The lowest BCUT2D eigenvalue weighted by Crippen LogP contribution is -2.49. The molecule has 0 spiro atoms. The molecule has 0 N–H and O–H groups in total. The first-order chi connectivity index (χ1) is 13.0. The average molecular weight is 364 g/mol. The highest BCUT2D eigenvalue weighted by molar-refractivity contribution is 6.06. The summed E-state index contributed by atoms with van der Waals surface area (Å²) in [5, 5.41) is 5.22. The molecule has 0 aliphatic carbocycles. The summed E-state index contributed by atoms with van der Waals surface area (Å²) >= 11 is 0. The van der Waals surface area contributed by atoms with E-state index in [9.17, 15) is 4.79 Å². The molecule has 1 aromatic carbocycles. The van der Waals surface area contributed by atoms with Crippen molar-refractivity contribution >= 4 is 16.8 Å². The van der Waals surface area contributed by atoms with E-state index in [1.54, 1.807) is 11.1 Å². The van der Waals surface area contributed by atoms with Crippen LogP contribution in [0.3, 0.4) is 0 Å². The number of carbonyl (C=O) groups is 1. The normalized spacial score (nSPS) is 15.5. The Morgan fingerprint density at radius 1 is 1.30 bits per heavy atom. The van der Waals surface area contributed by atoms with Gasteiger partial charge in [0.1, 0.15) is 0 Å². The first-order valence-corrected chi connectivity index (χ1v) is 9.15. The molecule has 6 nitrogen and oxygen atoms in total. The van der Waals surface area contributed by atoms with Crippen molar-refractivity contribution in [2.24, 2.45) is 5.41 Å². The van der Waals surface area contributed by atoms with Crippen molar-refractivity contribution in [3.63, 3.8) is 0 Å². The Kier molecular flexibility index (Phi) is 4.44. The van der Waals surface area contributed by atoms with Gasteiger partial charge in [-0.1, -0.05) is 25.1 Å². The lowest BCUT2D eigenvalue weighted by molar-refractivity contribution is -0.109. The van der Waals surface area contributed by atoms with Gasteiger partial charge in [0, 0.05) is 36.3 Å². The van der Waals surface area contributed by atoms with Crippen LogP contribution in [0.2, 0.25) is 0 Å². The van der Waals surface area contributed by atoms with E-state index in [4.69, 9.17) is 9.72 Å². The van der Waals surface area contributed by atoms with Crippen molar-refractivity contribution in [1.29, 1.82) is 0 Å². The predicted octanol–water partition coefficient (Wildman–Crippen LogP) is 2.90. The summed E-state index contributed by atoms with van der Waals surface area (Å²) in [7, 11) is 1.86. The molecule has 3 heterocycles. The van der Waals surface area contributed by atoms with Crippen molar-refractivity contribution in [3.05, 3.63) is 59.5 Å². The highest BCUT2D eigenvalue weighted by Crippen LogP contribution is 2.28. The Labute approximate surface area is 158 Å². The van der Waals surface area contributed by atoms with E-state index in [2.05, 4.69) is 12.0 Å². The zero-order valence-corrected chi connectivity index (χ0v) is 16.0. The standard InChI is InChI=1S/C21H24N4O2/c1-15-8-9-22-25(15)11-16-10-18(17-6-4-5-7-19(17)23-16)20(26)24(3)12-21(2)13-27-14-21/h4-10H,11-14H2,1-3H3. The van der Waals surface area contributed by atoms with Gasteiger partial charge in [-0.3, -0.25) is 14.5 Å². The third-order valence-electron chi connectivity index (χ3n) is 5.11. The summed E-state index contributed by atoms with van der Waals surface area (Å²) in [5.41, 5.74) is 3.45. The minimum atomic E-state index is 0.0140. The minimum Gasteiger partial charge on any atom is -0.380 e. The zero-order valence-electron chi connectivity index (χ0n) is 16.0. The quantitative estimate of drug-likeness (QED) is 0.698. The second-order valence-electron chi connectivity index (χ2n) is 7.77. The van der Waals surface area contributed by atoms with Crippen LogP contribution in [-0.2, 0) is 11.3 Å². The number of para-hydroxylation sites is 1. The van der Waals surface area contributed by atoms with Crippen LogP contribution in [0.1, 0.15) is 28.7 Å². The molecule has 1 amide bonds. The van der Waals surface area contributed by atoms with Crippen LogP contribution >= 0.6 is 0 Å². The van der Waals surface area contributed by atoms with Gasteiger partial charge in [-0.25, -0.2) is 0 Å². The number of pyridine rings is 1. The van der Waals surface area contributed by atoms with Crippen molar-refractivity contribution in [2.75, 3.05) is 26.8 Å². The molecule has 3 aromatic rings. The molecule has 0 saturated carbocycles. The minimum absolute atomic E-state index is 0.0140. The molecular weight excluding hydrogens is 340 g/mol. The van der Waals surface area contributed by atoms with Gasteiger partial charge >= 0.3 is 0 Å². The number of nitrogens with zero attached hydrogens (tertiary/aromatic N) is 4. The molecule has 1 aliphatic heterocycles. The van der Waals surface area contributed by atoms with Gasteiger partial charge in [-0.15, -0.1) is 0 Å². The Balaban J connectivity index is 1.69. The zero-order chi connectivity index (χ0) is 19.0. The van der Waals surface area contributed by atoms with Gasteiger partial charge in [0.15, 0.2) is 0 Å². The van der Waals surface area contributed by atoms with Crippen molar-refractivity contribution in [2.45, 2.75) is 20.4 Å². The highest BCUT2D eigenvalue weighted by atomic mass is 16.5. The van der Waals surface area contributed by atoms with Crippen LogP contribution in [0.4, 0.5) is 0 Å². The van der Waals surface area contributed by atoms with Crippen LogP contribution in [-0.4, -0.2) is 52.4 Å². The topological polar surface area (TPSA) is 60.2 Å². The van der Waals surface area contributed by atoms with Crippen LogP contribution in [0.15, 0.2) is 42.6 Å². The van der Waals surface area contributed by atoms with E-state index < -0.39 is 0 Å². The molecule has 1 fully saturated rings. The monoisotopic (exact) mass is 364 g/mol. The Hall–Kier alpha value is -2.73. The van der Waals surface area contributed by atoms with Gasteiger partial charge in [0.05, 0.1) is 36.5 Å². The summed E-state index contributed by atoms with van der Waals surface area (Å²) in [4.78, 5) is 19.8. The van der Waals surface area contributed by atoms with E-state index >= 15 is 0 Å². The fraction of sp³-hybridized carbons (Fsp3) is 0.381. The van der Waals surface area contributed by atoms with Crippen molar-refractivity contribution < 1.29 is 9.53 Å². The number of ether oxygens (including phenoxy) is 1. The Bertz CT molecular complexity index is 991. The lowest BCUT2D eigenvalue weighted by Gasteiger charge is -2.40. The number of hydrogen-bond donors (Lipinski definition) is 0. The summed E-state index contributed by atoms with van der Waals surface area (Å²) in [5.74, 6) is 0.0140. The average Bonchev–Trinajstić information content (AvgIpc) is 3.03. The summed E-state index contributed by atoms with van der Waals surface area (Å²) in [6, 6.07) is 11.7. The molecule has 6 heteroatoms. The predicted molar refractivity (Wildman–Crippen MR) is 104 cm³/mol. The Morgan fingerprint density at radius 3 is 2.74 bits per heavy atom. The van der Waals surface area contributed by atoms with Gasteiger partial charge in [0.25, 0.3) is 5.91 Å². The van der Waals surface area contributed by atoms with Gasteiger partial charge < -0.3 is 9.64 Å². The molecule has 27 heavy (non-hydrogen) atoms. The first-order valence-electron chi connectivity index (χ1n) is 9.15. The summed E-state index contributed by atoms with van der Waals surface area (Å²) in [6.07, 6.45) is 1.78. The summed E-state index contributed by atoms with van der Waals surface area (Å²) < 4.78 is 7.22. The van der Waals surface area contributed by atoms with Gasteiger partial charge in [-0.2, -0.15) is 5.10 Å². The number of aryl methyl sites for hydroxylation is 1. The maximum Gasteiger partial charge on any atom is 0.254 e. The molecule has 0 bridgehead atoms. The fourth-order valence-electron chi connectivity index (χ4n) is 3.60. The largest absolute Gasteiger partial charge is 0.380 e. The molecule has 0 unspecified atom stereocenters.